The number of carbonyl (C=O) groups excluding carboxylic acids is 1. The normalized spacial score (nSPS) is 5.33. The van der Waals surface area contributed by atoms with Crippen molar-refractivity contribution in [3.8, 4) is 0 Å². The van der Waals surface area contributed by atoms with Crippen molar-refractivity contribution in [1.82, 2.24) is 0 Å². The molecule has 0 aromatic rings. The van der Waals surface area contributed by atoms with Crippen LogP contribution in [-0.2, 0) is 9.59 Å². The Morgan fingerprint density at radius 3 is 1.83 bits per heavy atom. The van der Waals surface area contributed by atoms with E-state index in [-0.39, 0.29) is 44.0 Å². The zero-order valence-electron chi connectivity index (χ0n) is 3.05. The average Bonchev–Trinajstić information content (AvgIpc) is 1.38. The fourth-order valence-corrected chi connectivity index (χ4v) is 0. The second-order valence-corrected chi connectivity index (χ2v) is 0.456. The molecule has 0 aliphatic rings. The smallest absolute Gasteiger partial charge is 0.368 e. The van der Waals surface area contributed by atoms with Crippen LogP contribution in [0.15, 0.2) is 0 Å². The molecule has 0 saturated heterocycles. The average molecular weight is 114 g/mol. The molecule has 0 unspecified atom stereocenters. The number of aldehydes is 1. The maximum absolute atomic E-state index is 9.00. The Morgan fingerprint density at radius 1 is 1.67 bits per heavy atom. The minimum Gasteiger partial charge on any atom is -0.476 e. The van der Waals surface area contributed by atoms with Crippen LogP contribution in [0.2, 0.25) is 0 Å². The summed E-state index contributed by atoms with van der Waals surface area (Å²) in [5.74, 6) is -1.43. The Balaban J connectivity index is 0. The number of carboxylic acid groups (broad SMARTS) is 1. The Bertz CT molecular complexity index is 59.8. The standard InChI is InChI=1S/C2H2O3.Ca/c3-1-2(4)5;/h1H,(H,4,5);. The first-order chi connectivity index (χ1) is 2.27. The van der Waals surface area contributed by atoms with Gasteiger partial charge in [-0.15, -0.1) is 0 Å². The van der Waals surface area contributed by atoms with E-state index >= 15 is 0 Å². The van der Waals surface area contributed by atoms with Crippen LogP contribution in [-0.4, -0.2) is 55.1 Å². The maximum atomic E-state index is 9.00. The third kappa shape index (κ3) is 8.83. The molecular weight excluding hydrogens is 112 g/mol. The van der Waals surface area contributed by atoms with Crippen LogP contribution < -0.4 is 0 Å². The van der Waals surface area contributed by atoms with Crippen molar-refractivity contribution in [3.05, 3.63) is 0 Å². The van der Waals surface area contributed by atoms with Crippen molar-refractivity contribution < 1.29 is 14.7 Å². The van der Waals surface area contributed by atoms with E-state index in [2.05, 4.69) is 0 Å². The van der Waals surface area contributed by atoms with Gasteiger partial charge in [-0.1, -0.05) is 0 Å². The fourth-order valence-electron chi connectivity index (χ4n) is 0. The summed E-state index contributed by atoms with van der Waals surface area (Å²) in [6.45, 7) is 0. The molecule has 4 heteroatoms. The number of hydrogen-bond acceptors (Lipinski definition) is 2. The van der Waals surface area contributed by atoms with Crippen LogP contribution >= 0.6 is 0 Å². The van der Waals surface area contributed by atoms with Gasteiger partial charge in [0.2, 0.25) is 6.29 Å². The molecule has 0 saturated carbocycles. The molecule has 0 aromatic carbocycles. The van der Waals surface area contributed by atoms with Crippen molar-refractivity contribution in [2.75, 3.05) is 0 Å². The summed E-state index contributed by atoms with van der Waals surface area (Å²) >= 11 is 0. The largest absolute Gasteiger partial charge is 0.476 e. The van der Waals surface area contributed by atoms with Crippen LogP contribution in [0.5, 0.6) is 0 Å². The summed E-state index contributed by atoms with van der Waals surface area (Å²) in [5, 5.41) is 7.35. The van der Waals surface area contributed by atoms with E-state index in [0.29, 0.717) is 0 Å². The molecule has 0 bridgehead atoms. The zero-order valence-corrected chi connectivity index (χ0v) is 5.26. The number of rotatable bonds is 1. The third-order valence-corrected chi connectivity index (χ3v) is 0.101. The third-order valence-electron chi connectivity index (χ3n) is 0.101. The summed E-state index contributed by atoms with van der Waals surface area (Å²) in [5.41, 5.74) is 0. The molecule has 3 nitrogen and oxygen atoms in total. The molecule has 0 aliphatic carbocycles. The van der Waals surface area contributed by atoms with Gasteiger partial charge in [0.15, 0.2) is 0 Å². The first kappa shape index (κ1) is 9.64. The van der Waals surface area contributed by atoms with Gasteiger partial charge in [0.1, 0.15) is 0 Å². The molecule has 0 atom stereocenters. The number of carbonyl (C=O) groups is 2. The molecular formula is C2H2CaO3. The van der Waals surface area contributed by atoms with Crippen LogP contribution in [0.1, 0.15) is 0 Å². The van der Waals surface area contributed by atoms with Crippen molar-refractivity contribution in [3.63, 3.8) is 0 Å². The molecule has 0 fully saturated rings. The van der Waals surface area contributed by atoms with Crippen molar-refractivity contribution in [1.29, 1.82) is 0 Å². The van der Waals surface area contributed by atoms with Gasteiger partial charge in [-0.2, -0.15) is 0 Å². The van der Waals surface area contributed by atoms with Crippen molar-refractivity contribution in [2.24, 2.45) is 0 Å². The second kappa shape index (κ2) is 5.40. The Labute approximate surface area is 64.3 Å². The van der Waals surface area contributed by atoms with Gasteiger partial charge < -0.3 is 5.11 Å². The van der Waals surface area contributed by atoms with Gasteiger partial charge in [0, 0.05) is 37.7 Å². The first-order valence-corrected chi connectivity index (χ1v) is 0.952. The first-order valence-electron chi connectivity index (χ1n) is 0.952. The summed E-state index contributed by atoms with van der Waals surface area (Å²) in [4.78, 5) is 17.9. The van der Waals surface area contributed by atoms with E-state index in [1.807, 2.05) is 0 Å². The predicted molar refractivity (Wildman–Crippen MR) is 19.5 cm³/mol. The Morgan fingerprint density at radius 2 is 1.83 bits per heavy atom. The van der Waals surface area contributed by atoms with Gasteiger partial charge in [0.05, 0.1) is 0 Å². The monoisotopic (exact) mass is 114 g/mol. The van der Waals surface area contributed by atoms with Gasteiger partial charge in [-0.3, -0.25) is 4.79 Å². The Hall–Kier alpha value is 0.400. The number of hydrogen-bond donors (Lipinski definition) is 1. The molecule has 0 heterocycles. The van der Waals surface area contributed by atoms with Crippen molar-refractivity contribution >= 4 is 50.0 Å². The topological polar surface area (TPSA) is 54.4 Å². The van der Waals surface area contributed by atoms with Crippen LogP contribution in [0.3, 0.4) is 0 Å². The van der Waals surface area contributed by atoms with E-state index in [4.69, 9.17) is 14.7 Å². The number of aliphatic carboxylic acids is 1. The fraction of sp³-hybridized carbons (Fsp3) is 0. The van der Waals surface area contributed by atoms with Crippen LogP contribution in [0, 0.1) is 0 Å². The van der Waals surface area contributed by atoms with E-state index in [1.165, 1.54) is 0 Å². The van der Waals surface area contributed by atoms with E-state index in [1.54, 1.807) is 0 Å². The SMILES string of the molecule is O=CC(=O)O.[Ca]. The predicted octanol–water partition coefficient (Wildman–Crippen LogP) is -1.11. The van der Waals surface area contributed by atoms with Gasteiger partial charge >= 0.3 is 5.97 Å². The molecule has 0 aromatic heterocycles. The molecule has 0 rings (SSSR count). The molecule has 0 spiro atoms. The minimum absolute atomic E-state index is 0. The van der Waals surface area contributed by atoms with E-state index in [9.17, 15) is 0 Å². The maximum Gasteiger partial charge on any atom is 0.368 e. The number of carboxylic acids is 1. The van der Waals surface area contributed by atoms with E-state index in [0.717, 1.165) is 0 Å². The van der Waals surface area contributed by atoms with Crippen LogP contribution in [0.25, 0.3) is 0 Å². The molecule has 1 N–H and O–H groups in total. The molecule has 2 radical (unpaired) electrons. The molecule has 0 amide bonds. The zero-order chi connectivity index (χ0) is 4.28. The van der Waals surface area contributed by atoms with Crippen LogP contribution in [0.4, 0.5) is 0 Å². The summed E-state index contributed by atoms with van der Waals surface area (Å²) in [6, 6.07) is 0. The van der Waals surface area contributed by atoms with Gasteiger partial charge in [0.25, 0.3) is 0 Å². The summed E-state index contributed by atoms with van der Waals surface area (Å²) in [6.07, 6.45) is -0.167. The molecule has 6 heavy (non-hydrogen) atoms. The second-order valence-electron chi connectivity index (χ2n) is 0.456. The Kier molecular flexibility index (Phi) is 8.68. The minimum atomic E-state index is -1.43. The summed E-state index contributed by atoms with van der Waals surface area (Å²) < 4.78 is 0. The quantitative estimate of drug-likeness (QED) is 0.267. The van der Waals surface area contributed by atoms with Gasteiger partial charge in [-0.25, -0.2) is 4.79 Å². The summed E-state index contributed by atoms with van der Waals surface area (Å²) in [7, 11) is 0. The van der Waals surface area contributed by atoms with Gasteiger partial charge in [-0.05, 0) is 0 Å². The molecule has 0 aliphatic heterocycles. The van der Waals surface area contributed by atoms with E-state index < -0.39 is 5.97 Å². The van der Waals surface area contributed by atoms with Crippen molar-refractivity contribution in [2.45, 2.75) is 0 Å². The molecule has 30 valence electrons.